The van der Waals surface area contributed by atoms with Crippen LogP contribution in [-0.4, -0.2) is 23.0 Å². The van der Waals surface area contributed by atoms with E-state index in [1.165, 1.54) is 22.3 Å². The molecule has 4 aliphatic carbocycles. The normalized spacial score (nSPS) is 34.2. The highest BCUT2D eigenvalue weighted by Gasteiger charge is 2.58. The summed E-state index contributed by atoms with van der Waals surface area (Å²) in [7, 11) is 0. The second-order valence-electron chi connectivity index (χ2n) is 15.7. The number of rotatable bonds is 4. The molecule has 0 heterocycles. The van der Waals surface area contributed by atoms with Crippen molar-refractivity contribution in [3.8, 4) is 0 Å². The molecule has 0 saturated heterocycles. The summed E-state index contributed by atoms with van der Waals surface area (Å²) in [6, 6.07) is 12.8. The lowest BCUT2D eigenvalue weighted by Gasteiger charge is -2.56. The van der Waals surface area contributed by atoms with E-state index < -0.39 is 16.9 Å². The van der Waals surface area contributed by atoms with E-state index in [4.69, 9.17) is 0 Å². The number of benzene rings is 2. The zero-order valence-electron chi connectivity index (χ0n) is 27.4. The summed E-state index contributed by atoms with van der Waals surface area (Å²) < 4.78 is 0. The van der Waals surface area contributed by atoms with Crippen molar-refractivity contribution < 1.29 is 19.5 Å². The largest absolute Gasteiger partial charge is 0.465 e. The number of carboxylic acid groups (broad SMARTS) is 1. The third-order valence-electron chi connectivity index (χ3n) is 12.9. The Labute approximate surface area is 262 Å². The van der Waals surface area contributed by atoms with Gasteiger partial charge in [0.1, 0.15) is 0 Å². The van der Waals surface area contributed by atoms with Gasteiger partial charge in [0.2, 0.25) is 11.8 Å². The Morgan fingerprint density at radius 3 is 1.89 bits per heavy atom. The molecule has 0 spiro atoms. The van der Waals surface area contributed by atoms with E-state index in [0.29, 0.717) is 11.6 Å². The van der Waals surface area contributed by atoms with Crippen molar-refractivity contribution in [3.05, 3.63) is 64.2 Å². The topological polar surface area (TPSA) is 95.5 Å². The monoisotopic (exact) mass is 598 g/mol. The smallest absolute Gasteiger partial charge is 0.409 e. The van der Waals surface area contributed by atoms with Crippen molar-refractivity contribution in [2.24, 2.45) is 22.7 Å². The summed E-state index contributed by atoms with van der Waals surface area (Å²) >= 11 is 0. The van der Waals surface area contributed by atoms with Crippen LogP contribution in [0, 0.1) is 22.7 Å². The van der Waals surface area contributed by atoms with E-state index in [-0.39, 0.29) is 34.5 Å². The number of nitrogens with one attached hydrogen (secondary N) is 2. The van der Waals surface area contributed by atoms with Crippen LogP contribution in [0.3, 0.4) is 0 Å². The molecule has 3 amide bonds. The Morgan fingerprint density at radius 2 is 1.32 bits per heavy atom. The van der Waals surface area contributed by atoms with E-state index in [1.807, 2.05) is 18.2 Å². The lowest BCUT2D eigenvalue weighted by atomic mass is 9.49. The van der Waals surface area contributed by atoms with Gasteiger partial charge >= 0.3 is 6.09 Å². The van der Waals surface area contributed by atoms with Crippen LogP contribution in [0.1, 0.15) is 127 Å². The summed E-state index contributed by atoms with van der Waals surface area (Å²) in [6.45, 7) is 13.3. The van der Waals surface area contributed by atoms with Crippen molar-refractivity contribution in [2.45, 2.75) is 122 Å². The molecule has 236 valence electrons. The Hall–Kier alpha value is -3.15. The number of hydrogen-bond donors (Lipinski definition) is 3. The number of amides is 3. The second-order valence-corrected chi connectivity index (χ2v) is 15.7. The first-order chi connectivity index (χ1) is 20.7. The fourth-order valence-electron chi connectivity index (χ4n) is 10.5. The number of carbonyl (C=O) groups is 3. The van der Waals surface area contributed by atoms with Crippen LogP contribution in [0.4, 0.5) is 10.5 Å². The molecule has 3 N–H and O–H groups in total. The average molecular weight is 599 g/mol. The van der Waals surface area contributed by atoms with E-state index in [2.05, 4.69) is 70.4 Å². The first-order valence-corrected chi connectivity index (χ1v) is 16.8. The van der Waals surface area contributed by atoms with Gasteiger partial charge in [-0.1, -0.05) is 78.6 Å². The molecule has 2 aromatic rings. The molecule has 44 heavy (non-hydrogen) atoms. The van der Waals surface area contributed by atoms with Crippen LogP contribution in [0.2, 0.25) is 0 Å². The minimum atomic E-state index is -1.08. The average Bonchev–Trinajstić information content (AvgIpc) is 2.96. The van der Waals surface area contributed by atoms with Gasteiger partial charge < -0.3 is 5.11 Å². The second kappa shape index (κ2) is 10.7. The standard InChI is InChI=1S/C38H50N2O4/c1-23(2)25-10-14-28-26(21-25)12-16-30-35(28,3)17-7-19-37(30,5)32(41)40-33(42)38(6)20-8-18-36(4)29-22-27(39-34(43)44)13-9-24(29)11-15-31(36)38/h9-10,13-14,21-23,30-31,39H,7-8,11-12,15-20H2,1-6H3,(H,43,44)(H,40,41,42)/t30-,31-,35-,36-,37-,38+/m1/s1. The van der Waals surface area contributed by atoms with Crippen LogP contribution in [0.5, 0.6) is 0 Å². The number of aryl methyl sites for hydroxylation is 2. The Kier molecular flexibility index (Phi) is 7.53. The minimum Gasteiger partial charge on any atom is -0.465 e. The minimum absolute atomic E-state index is 0.0604. The summed E-state index contributed by atoms with van der Waals surface area (Å²) in [5.41, 5.74) is 5.49. The third-order valence-corrected chi connectivity index (χ3v) is 12.9. The zero-order chi connectivity index (χ0) is 31.7. The first-order valence-electron chi connectivity index (χ1n) is 16.8. The lowest BCUT2D eigenvalue weighted by Crippen LogP contribution is -2.60. The van der Waals surface area contributed by atoms with E-state index in [0.717, 1.165) is 69.8 Å². The van der Waals surface area contributed by atoms with Crippen molar-refractivity contribution >= 4 is 23.6 Å². The van der Waals surface area contributed by atoms with Crippen LogP contribution >= 0.6 is 0 Å². The van der Waals surface area contributed by atoms with Gasteiger partial charge in [-0.2, -0.15) is 0 Å². The van der Waals surface area contributed by atoms with E-state index in [1.54, 1.807) is 0 Å². The molecule has 4 aliphatic rings. The summed E-state index contributed by atoms with van der Waals surface area (Å²) in [6.07, 6.45) is 7.99. The predicted octanol–water partition coefficient (Wildman–Crippen LogP) is 8.26. The van der Waals surface area contributed by atoms with Crippen LogP contribution in [-0.2, 0) is 33.3 Å². The first kappa shape index (κ1) is 30.9. The maximum absolute atomic E-state index is 14.4. The predicted molar refractivity (Wildman–Crippen MR) is 174 cm³/mol. The molecule has 0 radical (unpaired) electrons. The van der Waals surface area contributed by atoms with Crippen LogP contribution in [0.25, 0.3) is 0 Å². The number of hydrogen-bond acceptors (Lipinski definition) is 3. The summed E-state index contributed by atoms with van der Waals surface area (Å²) in [5.74, 6) is 0.500. The molecule has 0 unspecified atom stereocenters. The highest BCUT2D eigenvalue weighted by atomic mass is 16.4. The van der Waals surface area contributed by atoms with E-state index in [9.17, 15) is 19.5 Å². The van der Waals surface area contributed by atoms with Gasteiger partial charge in [0.15, 0.2) is 0 Å². The Balaban J connectivity index is 1.26. The fourth-order valence-corrected chi connectivity index (χ4v) is 10.5. The Morgan fingerprint density at radius 1 is 0.750 bits per heavy atom. The molecular formula is C38H50N2O4. The van der Waals surface area contributed by atoms with Gasteiger partial charge in [-0.05, 0) is 120 Å². The van der Waals surface area contributed by atoms with Gasteiger partial charge in [-0.3, -0.25) is 20.2 Å². The molecule has 2 fully saturated rings. The van der Waals surface area contributed by atoms with Crippen molar-refractivity contribution in [3.63, 3.8) is 0 Å². The molecule has 6 nitrogen and oxygen atoms in total. The molecule has 6 atom stereocenters. The number of anilines is 1. The lowest BCUT2D eigenvalue weighted by molar-refractivity contribution is -0.150. The molecule has 6 rings (SSSR count). The molecule has 0 aliphatic heterocycles. The maximum Gasteiger partial charge on any atom is 0.409 e. The molecule has 0 aromatic heterocycles. The third kappa shape index (κ3) is 4.70. The molecule has 0 bridgehead atoms. The van der Waals surface area contributed by atoms with Crippen molar-refractivity contribution in [1.29, 1.82) is 0 Å². The van der Waals surface area contributed by atoms with Crippen LogP contribution in [0.15, 0.2) is 36.4 Å². The highest BCUT2D eigenvalue weighted by molar-refractivity contribution is 6.01. The summed E-state index contributed by atoms with van der Waals surface area (Å²) in [5, 5.41) is 14.9. The zero-order valence-corrected chi connectivity index (χ0v) is 27.4. The molecular weight excluding hydrogens is 548 g/mol. The fraction of sp³-hybridized carbons (Fsp3) is 0.605. The number of imide groups is 1. The quantitative estimate of drug-likeness (QED) is 0.309. The van der Waals surface area contributed by atoms with Crippen LogP contribution < -0.4 is 10.6 Å². The molecule has 2 saturated carbocycles. The Bertz CT molecular complexity index is 1510. The summed E-state index contributed by atoms with van der Waals surface area (Å²) in [4.78, 5) is 40.1. The van der Waals surface area contributed by atoms with Gasteiger partial charge in [-0.25, -0.2) is 4.79 Å². The van der Waals surface area contributed by atoms with Crippen molar-refractivity contribution in [2.75, 3.05) is 5.32 Å². The maximum atomic E-state index is 14.4. The van der Waals surface area contributed by atoms with Crippen molar-refractivity contribution in [1.82, 2.24) is 5.32 Å². The van der Waals surface area contributed by atoms with Gasteiger partial charge in [-0.15, -0.1) is 0 Å². The molecule has 6 heteroatoms. The highest BCUT2D eigenvalue weighted by Crippen LogP contribution is 2.59. The van der Waals surface area contributed by atoms with Gasteiger partial charge in [0, 0.05) is 5.69 Å². The number of fused-ring (bicyclic) bond motifs is 6. The number of carbonyl (C=O) groups excluding carboxylic acids is 2. The van der Waals surface area contributed by atoms with Gasteiger partial charge in [0.05, 0.1) is 10.8 Å². The molecule has 2 aromatic carbocycles. The SMILES string of the molecule is CC(C)c1ccc2c(c1)CC[C@H]1[C@](C)(C(=O)NC(=O)[C@@]3(C)CCC[C@]4(C)c5cc(NC(=O)O)ccc5CC[C@@H]34)CCC[C@]21C. The van der Waals surface area contributed by atoms with E-state index >= 15 is 0 Å². The van der Waals surface area contributed by atoms with Gasteiger partial charge in [0.25, 0.3) is 0 Å².